The van der Waals surface area contributed by atoms with Gasteiger partial charge in [0.15, 0.2) is 0 Å². The van der Waals surface area contributed by atoms with Crippen LogP contribution in [-0.4, -0.2) is 49.7 Å². The zero-order valence-electron chi connectivity index (χ0n) is 14.3. The number of hydrogen-bond acceptors (Lipinski definition) is 4. The Balaban J connectivity index is 1.83. The van der Waals surface area contributed by atoms with E-state index in [1.54, 1.807) is 0 Å². The summed E-state index contributed by atoms with van der Waals surface area (Å²) in [6.45, 7) is 1.76. The monoisotopic (exact) mass is 327 g/mol. The molecule has 0 saturated heterocycles. The molecule has 0 saturated carbocycles. The molecule has 0 aliphatic heterocycles. The molecule has 24 heavy (non-hydrogen) atoms. The predicted octanol–water partition coefficient (Wildman–Crippen LogP) is 2.19. The summed E-state index contributed by atoms with van der Waals surface area (Å²) in [5, 5.41) is 11.9. The third-order valence-corrected chi connectivity index (χ3v) is 3.74. The summed E-state index contributed by atoms with van der Waals surface area (Å²) in [5.41, 5.74) is 2.96. The van der Waals surface area contributed by atoms with Gasteiger partial charge in [-0.15, -0.1) is 0 Å². The van der Waals surface area contributed by atoms with Gasteiger partial charge in [0.1, 0.15) is 0 Å². The van der Waals surface area contributed by atoms with Gasteiger partial charge in [-0.3, -0.25) is 9.69 Å². The summed E-state index contributed by atoms with van der Waals surface area (Å²) in [6, 6.07) is 17.7. The fourth-order valence-corrected chi connectivity index (χ4v) is 2.48. The Hall–Kier alpha value is -2.37. The molecule has 0 atom stereocenters. The Bertz CT molecular complexity index is 629. The molecule has 0 spiro atoms. The number of nitrogens with zero attached hydrogens (tertiary/aromatic N) is 2. The fourth-order valence-electron chi connectivity index (χ4n) is 2.48. The average Bonchev–Trinajstić information content (AvgIpc) is 2.56. The van der Waals surface area contributed by atoms with Crippen molar-refractivity contribution >= 4 is 17.3 Å². The lowest BCUT2D eigenvalue weighted by molar-refractivity contribution is -0.117. The highest BCUT2D eigenvalue weighted by molar-refractivity contribution is 5.92. The molecule has 2 aromatic carbocycles. The van der Waals surface area contributed by atoms with Crippen LogP contribution in [0.4, 0.5) is 11.4 Å². The van der Waals surface area contributed by atoms with Crippen LogP contribution in [0.25, 0.3) is 0 Å². The number of carbonyl (C=O) groups excluding carboxylic acids is 1. The van der Waals surface area contributed by atoms with Crippen molar-refractivity contribution in [3.63, 3.8) is 0 Å². The summed E-state index contributed by atoms with van der Waals surface area (Å²) >= 11 is 0. The lowest BCUT2D eigenvalue weighted by atomic mass is 10.2. The minimum Gasteiger partial charge on any atom is -0.395 e. The van der Waals surface area contributed by atoms with Gasteiger partial charge in [0.25, 0.3) is 0 Å². The molecule has 1 amide bonds. The van der Waals surface area contributed by atoms with Gasteiger partial charge in [-0.25, -0.2) is 0 Å². The van der Waals surface area contributed by atoms with Crippen LogP contribution in [0.1, 0.15) is 5.56 Å². The predicted molar refractivity (Wildman–Crippen MR) is 98.2 cm³/mol. The topological polar surface area (TPSA) is 55.8 Å². The van der Waals surface area contributed by atoms with E-state index in [1.807, 2.05) is 66.4 Å². The number of aliphatic hydroxyl groups is 1. The van der Waals surface area contributed by atoms with Crippen molar-refractivity contribution in [1.82, 2.24) is 4.90 Å². The Labute approximate surface area is 143 Å². The van der Waals surface area contributed by atoms with E-state index in [0.29, 0.717) is 13.1 Å². The number of anilines is 2. The number of aliphatic hydroxyl groups excluding tert-OH is 1. The van der Waals surface area contributed by atoms with Gasteiger partial charge >= 0.3 is 0 Å². The van der Waals surface area contributed by atoms with E-state index in [2.05, 4.69) is 17.4 Å². The first-order valence-corrected chi connectivity index (χ1v) is 8.03. The maximum Gasteiger partial charge on any atom is 0.238 e. The SMILES string of the molecule is CN(CC(=O)Nc1ccc(N(C)CCO)cc1)Cc1ccccc1. The van der Waals surface area contributed by atoms with E-state index in [1.165, 1.54) is 5.56 Å². The van der Waals surface area contributed by atoms with Crippen molar-refractivity contribution in [2.24, 2.45) is 0 Å². The van der Waals surface area contributed by atoms with Crippen molar-refractivity contribution < 1.29 is 9.90 Å². The number of rotatable bonds is 8. The Morgan fingerprint density at radius 1 is 1.04 bits per heavy atom. The minimum atomic E-state index is -0.0371. The highest BCUT2D eigenvalue weighted by Gasteiger charge is 2.08. The van der Waals surface area contributed by atoms with Crippen LogP contribution >= 0.6 is 0 Å². The van der Waals surface area contributed by atoms with Crippen LogP contribution in [0, 0.1) is 0 Å². The quantitative estimate of drug-likeness (QED) is 0.780. The van der Waals surface area contributed by atoms with E-state index >= 15 is 0 Å². The van der Waals surface area contributed by atoms with Crippen molar-refractivity contribution in [2.45, 2.75) is 6.54 Å². The third-order valence-electron chi connectivity index (χ3n) is 3.74. The van der Waals surface area contributed by atoms with Crippen LogP contribution in [-0.2, 0) is 11.3 Å². The van der Waals surface area contributed by atoms with Gasteiger partial charge in [-0.1, -0.05) is 30.3 Å². The number of carbonyl (C=O) groups is 1. The Morgan fingerprint density at radius 3 is 2.33 bits per heavy atom. The summed E-state index contributed by atoms with van der Waals surface area (Å²) in [5.74, 6) is -0.0371. The van der Waals surface area contributed by atoms with E-state index in [-0.39, 0.29) is 12.5 Å². The molecule has 5 nitrogen and oxygen atoms in total. The minimum absolute atomic E-state index is 0.0371. The van der Waals surface area contributed by atoms with Gasteiger partial charge in [0, 0.05) is 31.5 Å². The molecule has 0 aliphatic carbocycles. The zero-order chi connectivity index (χ0) is 17.4. The molecular weight excluding hydrogens is 302 g/mol. The molecule has 0 aromatic heterocycles. The van der Waals surface area contributed by atoms with Crippen LogP contribution in [0.5, 0.6) is 0 Å². The molecule has 0 unspecified atom stereocenters. The maximum absolute atomic E-state index is 12.1. The van der Waals surface area contributed by atoms with E-state index in [0.717, 1.165) is 17.9 Å². The zero-order valence-corrected chi connectivity index (χ0v) is 14.3. The number of hydrogen-bond donors (Lipinski definition) is 2. The molecule has 2 aromatic rings. The second kappa shape index (κ2) is 9.05. The van der Waals surface area contributed by atoms with Gasteiger partial charge in [-0.05, 0) is 36.9 Å². The highest BCUT2D eigenvalue weighted by Crippen LogP contribution is 2.16. The van der Waals surface area contributed by atoms with Crippen LogP contribution in [0.2, 0.25) is 0 Å². The third kappa shape index (κ3) is 5.68. The molecule has 128 valence electrons. The standard InChI is InChI=1S/C19H25N3O2/c1-21(14-16-6-4-3-5-7-16)15-19(24)20-17-8-10-18(11-9-17)22(2)12-13-23/h3-11,23H,12-15H2,1-2H3,(H,20,24). The summed E-state index contributed by atoms with van der Waals surface area (Å²) in [4.78, 5) is 16.1. The average molecular weight is 327 g/mol. The van der Waals surface area contributed by atoms with Crippen molar-refractivity contribution in [1.29, 1.82) is 0 Å². The summed E-state index contributed by atoms with van der Waals surface area (Å²) in [6.07, 6.45) is 0. The number of amides is 1. The number of likely N-dealkylation sites (N-methyl/N-ethyl adjacent to an activating group) is 2. The van der Waals surface area contributed by atoms with Crippen LogP contribution in [0.15, 0.2) is 54.6 Å². The lowest BCUT2D eigenvalue weighted by Crippen LogP contribution is -2.29. The van der Waals surface area contributed by atoms with Gasteiger partial charge in [0.2, 0.25) is 5.91 Å². The number of benzene rings is 2. The smallest absolute Gasteiger partial charge is 0.238 e. The maximum atomic E-state index is 12.1. The van der Waals surface area contributed by atoms with Crippen LogP contribution < -0.4 is 10.2 Å². The fraction of sp³-hybridized carbons (Fsp3) is 0.316. The van der Waals surface area contributed by atoms with Crippen LogP contribution in [0.3, 0.4) is 0 Å². The summed E-state index contributed by atoms with van der Waals surface area (Å²) < 4.78 is 0. The molecule has 0 fully saturated rings. The molecule has 0 bridgehead atoms. The van der Waals surface area contributed by atoms with Gasteiger partial charge < -0.3 is 15.3 Å². The molecule has 2 N–H and O–H groups in total. The first kappa shape index (κ1) is 18.0. The van der Waals surface area contributed by atoms with Crippen molar-refractivity contribution in [2.75, 3.05) is 44.0 Å². The highest BCUT2D eigenvalue weighted by atomic mass is 16.3. The van der Waals surface area contributed by atoms with E-state index in [9.17, 15) is 4.79 Å². The Kier molecular flexibility index (Phi) is 6.78. The molecule has 0 radical (unpaired) electrons. The second-order valence-electron chi connectivity index (χ2n) is 5.90. The molecule has 0 heterocycles. The molecule has 2 rings (SSSR count). The lowest BCUT2D eigenvalue weighted by Gasteiger charge is -2.19. The van der Waals surface area contributed by atoms with Crippen molar-refractivity contribution in [3.05, 3.63) is 60.2 Å². The second-order valence-corrected chi connectivity index (χ2v) is 5.90. The van der Waals surface area contributed by atoms with Crippen molar-refractivity contribution in [3.8, 4) is 0 Å². The molecule has 0 aliphatic rings. The molecule has 5 heteroatoms. The van der Waals surface area contributed by atoms with Gasteiger partial charge in [0.05, 0.1) is 13.2 Å². The number of nitrogens with one attached hydrogen (secondary N) is 1. The first-order valence-electron chi connectivity index (χ1n) is 8.03. The Morgan fingerprint density at radius 2 is 1.71 bits per heavy atom. The summed E-state index contributed by atoms with van der Waals surface area (Å²) in [7, 11) is 3.85. The van der Waals surface area contributed by atoms with Gasteiger partial charge in [-0.2, -0.15) is 0 Å². The largest absolute Gasteiger partial charge is 0.395 e. The normalized spacial score (nSPS) is 10.7. The first-order chi connectivity index (χ1) is 11.6. The van der Waals surface area contributed by atoms with E-state index < -0.39 is 0 Å². The molecular formula is C19H25N3O2. The van der Waals surface area contributed by atoms with E-state index in [4.69, 9.17) is 5.11 Å².